The lowest BCUT2D eigenvalue weighted by Crippen LogP contribution is -2.30. The molecule has 0 amide bonds. The van der Waals surface area contributed by atoms with Crippen molar-refractivity contribution in [3.05, 3.63) is 18.0 Å². The topological polar surface area (TPSA) is 100 Å². The number of hydrogen-bond acceptors (Lipinski definition) is 5. The van der Waals surface area contributed by atoms with Crippen LogP contribution in [-0.4, -0.2) is 43.1 Å². The van der Waals surface area contributed by atoms with Gasteiger partial charge in [0, 0.05) is 18.8 Å². The molecule has 0 radical (unpaired) electrons. The van der Waals surface area contributed by atoms with Crippen molar-refractivity contribution in [3.8, 4) is 0 Å². The fourth-order valence-electron chi connectivity index (χ4n) is 3.08. The van der Waals surface area contributed by atoms with E-state index in [0.29, 0.717) is 29.7 Å². The smallest absolute Gasteiger partial charge is 0.339 e. The van der Waals surface area contributed by atoms with Crippen LogP contribution in [0.3, 0.4) is 0 Å². The molecule has 0 aliphatic heterocycles. The van der Waals surface area contributed by atoms with E-state index in [1.54, 1.807) is 10.9 Å². The van der Waals surface area contributed by atoms with Crippen LogP contribution in [0.15, 0.2) is 12.4 Å². The van der Waals surface area contributed by atoms with Gasteiger partial charge in [-0.2, -0.15) is 5.10 Å². The number of aromatic nitrogens is 3. The Labute approximate surface area is 128 Å². The highest BCUT2D eigenvalue weighted by atomic mass is 16.4. The molecular weight excluding hydrogens is 284 g/mol. The molecule has 0 spiro atoms. The molecule has 2 heterocycles. The van der Waals surface area contributed by atoms with E-state index in [-0.39, 0.29) is 17.7 Å². The first-order valence-electron chi connectivity index (χ1n) is 7.62. The SMILES string of the molecule is CCn1ncc2c(NC3CCCC(O)C3)c(C(=O)O)cnc21. The number of aliphatic hydroxyl groups is 1. The number of carboxylic acids is 1. The molecule has 7 heteroatoms. The average Bonchev–Trinajstić information content (AvgIpc) is 2.90. The Morgan fingerprint density at radius 3 is 2.95 bits per heavy atom. The minimum atomic E-state index is -1.02. The molecule has 1 fully saturated rings. The molecule has 1 saturated carbocycles. The Morgan fingerprint density at radius 2 is 2.27 bits per heavy atom. The highest BCUT2D eigenvalue weighted by Crippen LogP contribution is 2.29. The van der Waals surface area contributed by atoms with Crippen molar-refractivity contribution in [1.82, 2.24) is 14.8 Å². The van der Waals surface area contributed by atoms with Crippen LogP contribution in [0.5, 0.6) is 0 Å². The average molecular weight is 304 g/mol. The Hall–Kier alpha value is -2.15. The minimum absolute atomic E-state index is 0.0671. The molecule has 7 nitrogen and oxygen atoms in total. The van der Waals surface area contributed by atoms with Gasteiger partial charge in [-0.3, -0.25) is 0 Å². The second-order valence-corrected chi connectivity index (χ2v) is 5.71. The molecule has 3 N–H and O–H groups in total. The molecule has 2 aromatic heterocycles. The van der Waals surface area contributed by atoms with Gasteiger partial charge in [0.15, 0.2) is 5.65 Å². The first kappa shape index (κ1) is 14.8. The Bertz CT molecular complexity index is 697. The van der Waals surface area contributed by atoms with Gasteiger partial charge in [0.2, 0.25) is 0 Å². The van der Waals surface area contributed by atoms with E-state index in [0.717, 1.165) is 19.3 Å². The summed E-state index contributed by atoms with van der Waals surface area (Å²) < 4.78 is 1.74. The van der Waals surface area contributed by atoms with Gasteiger partial charge in [-0.15, -0.1) is 0 Å². The summed E-state index contributed by atoms with van der Waals surface area (Å²) in [5, 5.41) is 27.5. The van der Waals surface area contributed by atoms with E-state index in [1.165, 1.54) is 6.20 Å². The van der Waals surface area contributed by atoms with Crippen molar-refractivity contribution in [1.29, 1.82) is 0 Å². The predicted molar refractivity (Wildman–Crippen MR) is 82.0 cm³/mol. The van der Waals surface area contributed by atoms with Gasteiger partial charge in [0.05, 0.1) is 23.4 Å². The normalized spacial score (nSPS) is 21.9. The predicted octanol–water partition coefficient (Wildman–Crippen LogP) is 1.86. The zero-order valence-corrected chi connectivity index (χ0v) is 12.5. The van der Waals surface area contributed by atoms with Crippen LogP contribution in [0.1, 0.15) is 43.0 Å². The molecule has 1 aliphatic rings. The highest BCUT2D eigenvalue weighted by molar-refractivity contribution is 6.03. The fourth-order valence-corrected chi connectivity index (χ4v) is 3.08. The summed E-state index contributed by atoms with van der Waals surface area (Å²) in [4.78, 5) is 15.7. The number of aliphatic hydroxyl groups excluding tert-OH is 1. The van der Waals surface area contributed by atoms with Gasteiger partial charge >= 0.3 is 5.97 Å². The van der Waals surface area contributed by atoms with E-state index in [1.807, 2.05) is 6.92 Å². The first-order chi connectivity index (χ1) is 10.6. The van der Waals surface area contributed by atoms with E-state index < -0.39 is 5.97 Å². The second-order valence-electron chi connectivity index (χ2n) is 5.71. The maximum atomic E-state index is 11.5. The largest absolute Gasteiger partial charge is 0.478 e. The molecule has 0 aromatic carbocycles. The number of aryl methyl sites for hydroxylation is 1. The maximum Gasteiger partial charge on any atom is 0.339 e. The van der Waals surface area contributed by atoms with Crippen LogP contribution in [0.25, 0.3) is 11.0 Å². The van der Waals surface area contributed by atoms with Crippen molar-refractivity contribution >= 4 is 22.7 Å². The van der Waals surface area contributed by atoms with Gasteiger partial charge in [-0.05, 0) is 32.6 Å². The zero-order chi connectivity index (χ0) is 15.7. The van der Waals surface area contributed by atoms with Gasteiger partial charge in [0.1, 0.15) is 5.56 Å². The summed E-state index contributed by atoms with van der Waals surface area (Å²) in [7, 11) is 0. The van der Waals surface area contributed by atoms with Crippen LogP contribution < -0.4 is 5.32 Å². The van der Waals surface area contributed by atoms with Crippen molar-refractivity contribution in [2.24, 2.45) is 0 Å². The van der Waals surface area contributed by atoms with Gasteiger partial charge in [-0.1, -0.05) is 0 Å². The molecule has 3 rings (SSSR count). The number of fused-ring (bicyclic) bond motifs is 1. The summed E-state index contributed by atoms with van der Waals surface area (Å²) in [5.41, 5.74) is 1.37. The lowest BCUT2D eigenvalue weighted by molar-refractivity contribution is 0.0697. The van der Waals surface area contributed by atoms with Crippen LogP contribution in [-0.2, 0) is 6.54 Å². The van der Waals surface area contributed by atoms with E-state index in [9.17, 15) is 15.0 Å². The van der Waals surface area contributed by atoms with E-state index in [4.69, 9.17) is 0 Å². The monoisotopic (exact) mass is 304 g/mol. The summed E-state index contributed by atoms with van der Waals surface area (Å²) in [5.74, 6) is -1.02. The molecule has 118 valence electrons. The van der Waals surface area contributed by atoms with Crippen molar-refractivity contribution in [2.45, 2.75) is 51.3 Å². The minimum Gasteiger partial charge on any atom is -0.478 e. The first-order valence-corrected chi connectivity index (χ1v) is 7.62. The zero-order valence-electron chi connectivity index (χ0n) is 12.5. The number of anilines is 1. The standard InChI is InChI=1S/C15H20N4O3/c1-2-19-14-11(8-17-19)13(12(7-16-14)15(21)22)18-9-4-3-5-10(20)6-9/h7-10,20H,2-6H2,1H3,(H,16,18)(H,21,22). The summed E-state index contributed by atoms with van der Waals surface area (Å²) in [6, 6.07) is 0.0671. The number of rotatable bonds is 4. The summed E-state index contributed by atoms with van der Waals surface area (Å²) in [6.45, 7) is 2.63. The van der Waals surface area contributed by atoms with Crippen LogP contribution in [0.2, 0.25) is 0 Å². The van der Waals surface area contributed by atoms with E-state index in [2.05, 4.69) is 15.4 Å². The fraction of sp³-hybridized carbons (Fsp3) is 0.533. The number of nitrogens with zero attached hydrogens (tertiary/aromatic N) is 3. The molecule has 0 saturated heterocycles. The van der Waals surface area contributed by atoms with E-state index >= 15 is 0 Å². The quantitative estimate of drug-likeness (QED) is 0.797. The second kappa shape index (κ2) is 5.92. The third kappa shape index (κ3) is 2.64. The number of carbonyl (C=O) groups is 1. The number of pyridine rings is 1. The van der Waals surface area contributed by atoms with Crippen molar-refractivity contribution in [2.75, 3.05) is 5.32 Å². The lowest BCUT2D eigenvalue weighted by Gasteiger charge is -2.28. The van der Waals surface area contributed by atoms with Crippen LogP contribution >= 0.6 is 0 Å². The highest BCUT2D eigenvalue weighted by Gasteiger charge is 2.24. The van der Waals surface area contributed by atoms with Gasteiger partial charge in [0.25, 0.3) is 0 Å². The van der Waals surface area contributed by atoms with Gasteiger partial charge in [-0.25, -0.2) is 14.5 Å². The summed E-state index contributed by atoms with van der Waals surface area (Å²) >= 11 is 0. The van der Waals surface area contributed by atoms with Gasteiger partial charge < -0.3 is 15.5 Å². The molecule has 2 unspecified atom stereocenters. The molecular formula is C15H20N4O3. The Morgan fingerprint density at radius 1 is 1.45 bits per heavy atom. The third-order valence-corrected chi connectivity index (χ3v) is 4.19. The molecule has 1 aliphatic carbocycles. The Balaban J connectivity index is 2.02. The number of aromatic carboxylic acids is 1. The number of hydrogen-bond donors (Lipinski definition) is 3. The molecule has 22 heavy (non-hydrogen) atoms. The number of nitrogens with one attached hydrogen (secondary N) is 1. The summed E-state index contributed by atoms with van der Waals surface area (Å²) in [6.07, 6.45) is 6.00. The Kier molecular flexibility index (Phi) is 3.98. The molecule has 2 aromatic rings. The lowest BCUT2D eigenvalue weighted by atomic mass is 9.92. The van der Waals surface area contributed by atoms with Crippen LogP contribution in [0, 0.1) is 0 Å². The maximum absolute atomic E-state index is 11.5. The number of carboxylic acid groups (broad SMARTS) is 1. The van der Waals surface area contributed by atoms with Crippen molar-refractivity contribution in [3.63, 3.8) is 0 Å². The van der Waals surface area contributed by atoms with Crippen LogP contribution in [0.4, 0.5) is 5.69 Å². The molecule has 2 atom stereocenters. The molecule has 0 bridgehead atoms. The third-order valence-electron chi connectivity index (χ3n) is 4.19. The van der Waals surface area contributed by atoms with Crippen molar-refractivity contribution < 1.29 is 15.0 Å².